The zero-order valence-corrected chi connectivity index (χ0v) is 15.7. The summed E-state index contributed by atoms with van der Waals surface area (Å²) in [4.78, 5) is 19.1. The SMILES string of the molecule is Cc1cc(C)n(CC(=O)N2C[C@@H](Cc3ccc4ccccc4n3)[C@H](O)C2)n1. The number of aryl methyl sites for hydroxylation is 2. The van der Waals surface area contributed by atoms with Crippen LogP contribution in [-0.2, 0) is 17.8 Å². The summed E-state index contributed by atoms with van der Waals surface area (Å²) in [7, 11) is 0. The molecule has 4 rings (SSSR count). The third-order valence-corrected chi connectivity index (χ3v) is 5.28. The van der Waals surface area contributed by atoms with Crippen molar-refractivity contribution in [3.63, 3.8) is 0 Å². The number of hydrogen-bond donors (Lipinski definition) is 1. The van der Waals surface area contributed by atoms with Crippen LogP contribution in [0.5, 0.6) is 0 Å². The largest absolute Gasteiger partial charge is 0.391 e. The Hall–Kier alpha value is -2.73. The van der Waals surface area contributed by atoms with Gasteiger partial charge in [0.25, 0.3) is 0 Å². The van der Waals surface area contributed by atoms with Crippen LogP contribution in [0.25, 0.3) is 10.9 Å². The standard InChI is InChI=1S/C21H24N4O2/c1-14-9-15(2)25(23-14)13-21(27)24-11-17(20(26)12-24)10-18-8-7-16-5-3-4-6-19(16)22-18/h3-9,17,20,26H,10-13H2,1-2H3/t17-,20-/m1/s1. The number of aliphatic hydroxyl groups excluding tert-OH is 1. The van der Waals surface area contributed by atoms with Gasteiger partial charge in [-0.05, 0) is 38.5 Å². The second-order valence-electron chi connectivity index (χ2n) is 7.41. The van der Waals surface area contributed by atoms with Crippen molar-refractivity contribution >= 4 is 16.8 Å². The molecule has 0 spiro atoms. The monoisotopic (exact) mass is 364 g/mol. The van der Waals surface area contributed by atoms with Gasteiger partial charge < -0.3 is 10.0 Å². The maximum atomic E-state index is 12.6. The van der Waals surface area contributed by atoms with Gasteiger partial charge in [-0.3, -0.25) is 14.5 Å². The molecule has 140 valence electrons. The molecule has 1 amide bonds. The number of β-amino-alcohol motifs (C(OH)–C–C–N with tert-alkyl or cyclic N) is 1. The molecule has 0 radical (unpaired) electrons. The number of aromatic nitrogens is 3. The molecule has 1 aliphatic heterocycles. The van der Waals surface area contributed by atoms with Crippen molar-refractivity contribution < 1.29 is 9.90 Å². The van der Waals surface area contributed by atoms with Crippen LogP contribution in [0.15, 0.2) is 42.5 Å². The third-order valence-electron chi connectivity index (χ3n) is 5.28. The highest BCUT2D eigenvalue weighted by atomic mass is 16.3. The maximum Gasteiger partial charge on any atom is 0.244 e. The van der Waals surface area contributed by atoms with Crippen LogP contribution < -0.4 is 0 Å². The van der Waals surface area contributed by atoms with E-state index in [1.165, 1.54) is 0 Å². The highest BCUT2D eigenvalue weighted by Gasteiger charge is 2.34. The van der Waals surface area contributed by atoms with Crippen molar-refractivity contribution in [3.8, 4) is 0 Å². The lowest BCUT2D eigenvalue weighted by atomic mass is 9.99. The van der Waals surface area contributed by atoms with Crippen LogP contribution in [0.2, 0.25) is 0 Å². The number of rotatable bonds is 4. The van der Waals surface area contributed by atoms with E-state index in [2.05, 4.69) is 11.2 Å². The van der Waals surface area contributed by atoms with E-state index in [-0.39, 0.29) is 18.4 Å². The number of benzene rings is 1. The Morgan fingerprint density at radius 2 is 2.00 bits per heavy atom. The molecule has 3 heterocycles. The van der Waals surface area contributed by atoms with Gasteiger partial charge in [-0.1, -0.05) is 24.3 Å². The van der Waals surface area contributed by atoms with Crippen molar-refractivity contribution in [2.75, 3.05) is 13.1 Å². The Morgan fingerprint density at radius 1 is 1.19 bits per heavy atom. The van der Waals surface area contributed by atoms with Crippen molar-refractivity contribution in [2.24, 2.45) is 5.92 Å². The normalized spacial score (nSPS) is 19.7. The molecular weight excluding hydrogens is 340 g/mol. The van der Waals surface area contributed by atoms with E-state index in [0.717, 1.165) is 28.0 Å². The van der Waals surface area contributed by atoms with Crippen LogP contribution in [0.4, 0.5) is 0 Å². The molecule has 27 heavy (non-hydrogen) atoms. The number of carbonyl (C=O) groups is 1. The number of nitrogens with zero attached hydrogens (tertiary/aromatic N) is 4. The summed E-state index contributed by atoms with van der Waals surface area (Å²) in [6.07, 6.45) is 0.137. The van der Waals surface area contributed by atoms with Gasteiger partial charge >= 0.3 is 0 Å². The van der Waals surface area contributed by atoms with Gasteiger partial charge in [0.2, 0.25) is 5.91 Å². The highest BCUT2D eigenvalue weighted by molar-refractivity contribution is 5.78. The van der Waals surface area contributed by atoms with Crippen molar-refractivity contribution in [1.82, 2.24) is 19.7 Å². The van der Waals surface area contributed by atoms with Crippen LogP contribution in [0, 0.1) is 19.8 Å². The fourth-order valence-electron chi connectivity index (χ4n) is 3.81. The molecule has 1 saturated heterocycles. The molecular formula is C21H24N4O2. The Balaban J connectivity index is 1.42. The van der Waals surface area contributed by atoms with E-state index in [0.29, 0.717) is 19.5 Å². The summed E-state index contributed by atoms with van der Waals surface area (Å²) < 4.78 is 1.72. The molecule has 3 aromatic rings. The van der Waals surface area contributed by atoms with Crippen LogP contribution in [-0.4, -0.2) is 49.9 Å². The Morgan fingerprint density at radius 3 is 2.78 bits per heavy atom. The number of pyridine rings is 1. The molecule has 0 unspecified atom stereocenters. The lowest BCUT2D eigenvalue weighted by Gasteiger charge is -2.16. The van der Waals surface area contributed by atoms with Gasteiger partial charge in [-0.15, -0.1) is 0 Å². The fourth-order valence-corrected chi connectivity index (χ4v) is 3.81. The average Bonchev–Trinajstić information content (AvgIpc) is 3.16. The molecule has 2 aromatic heterocycles. The van der Waals surface area contributed by atoms with Crippen molar-refractivity contribution in [3.05, 3.63) is 59.5 Å². The number of para-hydroxylation sites is 1. The fraction of sp³-hybridized carbons (Fsp3) is 0.381. The lowest BCUT2D eigenvalue weighted by Crippen LogP contribution is -2.33. The minimum atomic E-state index is -0.525. The average molecular weight is 364 g/mol. The zero-order chi connectivity index (χ0) is 19.0. The van der Waals surface area contributed by atoms with Gasteiger partial charge in [0.15, 0.2) is 0 Å². The molecule has 0 aliphatic carbocycles. The van der Waals surface area contributed by atoms with E-state index >= 15 is 0 Å². The smallest absolute Gasteiger partial charge is 0.244 e. The molecule has 6 heteroatoms. The lowest BCUT2D eigenvalue weighted by molar-refractivity contribution is -0.131. The van der Waals surface area contributed by atoms with Gasteiger partial charge in [-0.2, -0.15) is 5.10 Å². The molecule has 1 aliphatic rings. The van der Waals surface area contributed by atoms with Gasteiger partial charge in [0.05, 0.1) is 17.3 Å². The number of fused-ring (bicyclic) bond motifs is 1. The van der Waals surface area contributed by atoms with E-state index in [9.17, 15) is 9.90 Å². The number of carbonyl (C=O) groups excluding carboxylic acids is 1. The zero-order valence-electron chi connectivity index (χ0n) is 15.7. The molecule has 1 aromatic carbocycles. The summed E-state index contributed by atoms with van der Waals surface area (Å²) >= 11 is 0. The van der Waals surface area contributed by atoms with Gasteiger partial charge in [0, 0.05) is 35.8 Å². The van der Waals surface area contributed by atoms with Crippen molar-refractivity contribution in [1.29, 1.82) is 0 Å². The Kier molecular flexibility index (Phi) is 4.66. The van der Waals surface area contributed by atoms with E-state index in [1.54, 1.807) is 9.58 Å². The van der Waals surface area contributed by atoms with Crippen LogP contribution in [0.3, 0.4) is 0 Å². The maximum absolute atomic E-state index is 12.6. The Bertz CT molecular complexity index is 981. The van der Waals surface area contributed by atoms with E-state index < -0.39 is 6.10 Å². The summed E-state index contributed by atoms with van der Waals surface area (Å²) in [5, 5.41) is 15.9. The molecule has 2 atom stereocenters. The molecule has 1 fully saturated rings. The van der Waals surface area contributed by atoms with Gasteiger partial charge in [-0.25, -0.2) is 0 Å². The minimum Gasteiger partial charge on any atom is -0.391 e. The molecule has 0 saturated carbocycles. The highest BCUT2D eigenvalue weighted by Crippen LogP contribution is 2.22. The first-order chi connectivity index (χ1) is 13.0. The van der Waals surface area contributed by atoms with E-state index in [4.69, 9.17) is 4.98 Å². The van der Waals surface area contributed by atoms with Gasteiger partial charge in [0.1, 0.15) is 6.54 Å². The Labute approximate surface area is 158 Å². The second-order valence-corrected chi connectivity index (χ2v) is 7.41. The topological polar surface area (TPSA) is 71.2 Å². The number of aliphatic hydroxyl groups is 1. The van der Waals surface area contributed by atoms with Crippen LogP contribution in [0.1, 0.15) is 17.1 Å². The summed E-state index contributed by atoms with van der Waals surface area (Å²) in [5.74, 6) is -0.00251. The molecule has 1 N–H and O–H groups in total. The first-order valence-corrected chi connectivity index (χ1v) is 9.31. The number of amides is 1. The predicted octanol–water partition coefficient (Wildman–Crippen LogP) is 2.11. The summed E-state index contributed by atoms with van der Waals surface area (Å²) in [5.41, 5.74) is 3.78. The van der Waals surface area contributed by atoms with E-state index in [1.807, 2.05) is 50.2 Å². The molecule has 0 bridgehead atoms. The summed E-state index contributed by atoms with van der Waals surface area (Å²) in [6.45, 7) is 5.00. The first-order valence-electron chi connectivity index (χ1n) is 9.31. The second kappa shape index (κ2) is 7.12. The predicted molar refractivity (Wildman–Crippen MR) is 103 cm³/mol. The first kappa shape index (κ1) is 17.7. The number of likely N-dealkylation sites (tertiary alicyclic amines) is 1. The quantitative estimate of drug-likeness (QED) is 0.770. The van der Waals surface area contributed by atoms with Crippen LogP contribution >= 0.6 is 0 Å². The summed E-state index contributed by atoms with van der Waals surface area (Å²) in [6, 6.07) is 14.0. The molecule has 6 nitrogen and oxygen atoms in total. The number of hydrogen-bond acceptors (Lipinski definition) is 4. The van der Waals surface area contributed by atoms with Crippen molar-refractivity contribution in [2.45, 2.75) is 32.9 Å². The third kappa shape index (κ3) is 3.71. The minimum absolute atomic E-state index is 0.00284.